The molecule has 0 saturated carbocycles. The first kappa shape index (κ1) is 35.8. The molecule has 0 saturated heterocycles. The second-order valence-electron chi connectivity index (χ2n) is 10.8. The van der Waals surface area contributed by atoms with E-state index in [1.165, 1.54) is 77.0 Å². The lowest BCUT2D eigenvalue weighted by Gasteiger charge is -2.10. The molecule has 0 radical (unpaired) electrons. The van der Waals surface area contributed by atoms with E-state index in [9.17, 15) is 14.8 Å². The highest BCUT2D eigenvalue weighted by Crippen LogP contribution is 2.11. The number of unbranched alkanes of at least 4 members (excludes halogenated alkanes) is 16. The Bertz CT molecular complexity index is 882. The van der Waals surface area contributed by atoms with Crippen molar-refractivity contribution < 1.29 is 14.8 Å². The number of nitrogens with one attached hydrogen (secondary N) is 2. The molecule has 1 rings (SSSR count). The minimum absolute atomic E-state index is 0.0949. The average molecular weight is 551 g/mol. The fourth-order valence-electron chi connectivity index (χ4n) is 4.67. The summed E-state index contributed by atoms with van der Waals surface area (Å²) in [5, 5.41) is 25.0. The third-order valence-electron chi connectivity index (χ3n) is 7.12. The van der Waals surface area contributed by atoms with Crippen molar-refractivity contribution >= 4 is 18.5 Å². The molecule has 0 heterocycles. The van der Waals surface area contributed by atoms with Gasteiger partial charge in [-0.3, -0.25) is 4.79 Å². The maximum absolute atomic E-state index is 12.0. The summed E-state index contributed by atoms with van der Waals surface area (Å²) in [6.07, 6.45) is 22.8. The fourth-order valence-corrected chi connectivity index (χ4v) is 4.67. The van der Waals surface area contributed by atoms with Crippen LogP contribution in [0.4, 0.5) is 0 Å². The molecule has 0 bridgehead atoms. The lowest BCUT2D eigenvalue weighted by atomic mass is 9.77. The molecule has 222 valence electrons. The second kappa shape index (κ2) is 27.0. The summed E-state index contributed by atoms with van der Waals surface area (Å²) >= 11 is 0. The summed E-state index contributed by atoms with van der Waals surface area (Å²) in [4.78, 5) is 12.0. The number of amides is 1. The Morgan fingerprint density at radius 2 is 1.25 bits per heavy atom. The van der Waals surface area contributed by atoms with Gasteiger partial charge in [-0.05, 0) is 42.1 Å². The molecule has 0 spiro atoms. The first-order valence-electron chi connectivity index (χ1n) is 16.0. The van der Waals surface area contributed by atoms with Crippen LogP contribution in [0.15, 0.2) is 24.3 Å². The summed E-state index contributed by atoms with van der Waals surface area (Å²) in [7, 11) is -1.47. The normalized spacial score (nSPS) is 10.4. The van der Waals surface area contributed by atoms with Crippen molar-refractivity contribution in [3.05, 3.63) is 29.8 Å². The first-order chi connectivity index (χ1) is 19.6. The molecule has 0 aliphatic rings. The van der Waals surface area contributed by atoms with Crippen molar-refractivity contribution in [1.29, 1.82) is 0 Å². The van der Waals surface area contributed by atoms with Crippen molar-refractivity contribution in [2.24, 2.45) is 0 Å². The van der Waals surface area contributed by atoms with Crippen molar-refractivity contribution in [1.82, 2.24) is 10.6 Å². The van der Waals surface area contributed by atoms with E-state index in [0.29, 0.717) is 31.5 Å². The van der Waals surface area contributed by atoms with Crippen LogP contribution >= 0.6 is 0 Å². The summed E-state index contributed by atoms with van der Waals surface area (Å²) in [5.74, 6) is 12.5. The van der Waals surface area contributed by atoms with Crippen LogP contribution in [0.2, 0.25) is 0 Å². The molecule has 0 unspecified atom stereocenters. The van der Waals surface area contributed by atoms with Crippen LogP contribution in [0.5, 0.6) is 0 Å². The van der Waals surface area contributed by atoms with Crippen LogP contribution in [-0.2, 0) is 11.3 Å². The molecular formula is C34H55BN2O3. The number of carbonyl (C=O) groups excluding carboxylic acids is 1. The zero-order valence-corrected chi connectivity index (χ0v) is 25.2. The van der Waals surface area contributed by atoms with Gasteiger partial charge in [-0.15, -0.1) is 0 Å². The van der Waals surface area contributed by atoms with Gasteiger partial charge >= 0.3 is 7.12 Å². The highest BCUT2D eigenvalue weighted by Gasteiger charge is 2.14. The van der Waals surface area contributed by atoms with Crippen LogP contribution in [-0.4, -0.2) is 36.2 Å². The summed E-state index contributed by atoms with van der Waals surface area (Å²) in [6.45, 7) is 4.00. The second-order valence-corrected chi connectivity index (χ2v) is 10.8. The smallest absolute Gasteiger partial charge is 0.423 e. The third-order valence-corrected chi connectivity index (χ3v) is 7.12. The highest BCUT2D eigenvalue weighted by atomic mass is 16.4. The first-order valence-corrected chi connectivity index (χ1v) is 16.0. The fraction of sp³-hybridized carbons (Fsp3) is 0.676. The molecule has 0 atom stereocenters. The number of carbonyl (C=O) groups is 1. The minimum atomic E-state index is -1.47. The molecule has 1 amide bonds. The predicted octanol–water partition coefficient (Wildman–Crippen LogP) is 6.01. The van der Waals surface area contributed by atoms with E-state index in [1.54, 1.807) is 12.1 Å². The molecular weight excluding hydrogens is 495 g/mol. The summed E-state index contributed by atoms with van der Waals surface area (Å²) in [6, 6.07) is 7.22. The molecule has 4 N–H and O–H groups in total. The summed E-state index contributed by atoms with van der Waals surface area (Å²) < 4.78 is 0. The van der Waals surface area contributed by atoms with Gasteiger partial charge in [0, 0.05) is 38.9 Å². The van der Waals surface area contributed by atoms with E-state index in [2.05, 4.69) is 41.2 Å². The van der Waals surface area contributed by atoms with Gasteiger partial charge in [0.1, 0.15) is 0 Å². The molecule has 6 heteroatoms. The largest absolute Gasteiger partial charge is 0.488 e. The SMILES string of the molecule is CCCCCCCCCCCCC#CC#CCCCCCCCCC(=O)NCCNCc1ccccc1B(O)O. The Morgan fingerprint density at radius 1 is 0.725 bits per heavy atom. The number of hydrogen-bond donors (Lipinski definition) is 4. The Hall–Kier alpha value is -2.25. The van der Waals surface area contributed by atoms with Crippen LogP contribution in [0.25, 0.3) is 0 Å². The lowest BCUT2D eigenvalue weighted by molar-refractivity contribution is -0.121. The van der Waals surface area contributed by atoms with Gasteiger partial charge in [0.25, 0.3) is 0 Å². The maximum atomic E-state index is 12.0. The van der Waals surface area contributed by atoms with Crippen molar-refractivity contribution in [3.63, 3.8) is 0 Å². The zero-order chi connectivity index (χ0) is 28.9. The Labute approximate surface area is 245 Å². The van der Waals surface area contributed by atoms with Gasteiger partial charge in [-0.25, -0.2) is 0 Å². The van der Waals surface area contributed by atoms with Crippen molar-refractivity contribution in [2.75, 3.05) is 13.1 Å². The van der Waals surface area contributed by atoms with Crippen molar-refractivity contribution in [3.8, 4) is 23.7 Å². The van der Waals surface area contributed by atoms with Crippen LogP contribution in [0, 0.1) is 23.7 Å². The van der Waals surface area contributed by atoms with E-state index in [1.807, 2.05) is 12.1 Å². The van der Waals surface area contributed by atoms with Gasteiger partial charge < -0.3 is 20.7 Å². The highest BCUT2D eigenvalue weighted by molar-refractivity contribution is 6.59. The van der Waals surface area contributed by atoms with Crippen LogP contribution < -0.4 is 16.1 Å². The lowest BCUT2D eigenvalue weighted by Crippen LogP contribution is -2.36. The molecule has 0 fully saturated rings. The maximum Gasteiger partial charge on any atom is 0.488 e. The standard InChI is InChI=1S/C34H55BN2O3/c1-2-3-4-5-6-7-8-9-10-11-12-13-14-15-16-17-18-19-20-21-22-23-28-34(38)37-30-29-36-31-32-26-24-25-27-33(32)35(39)40/h24-27,36,39-40H,2-12,17-23,28-31H2,1H3,(H,37,38). The summed E-state index contributed by atoms with van der Waals surface area (Å²) in [5.41, 5.74) is 1.35. The molecule has 0 aromatic heterocycles. The van der Waals surface area contributed by atoms with Gasteiger partial charge in [0.05, 0.1) is 0 Å². The molecule has 0 aliphatic carbocycles. The minimum Gasteiger partial charge on any atom is -0.423 e. The van der Waals surface area contributed by atoms with Gasteiger partial charge in [0.2, 0.25) is 5.91 Å². The van der Waals surface area contributed by atoms with E-state index in [4.69, 9.17) is 0 Å². The Kier molecular flexibility index (Phi) is 24.1. The Morgan fingerprint density at radius 3 is 1.82 bits per heavy atom. The topological polar surface area (TPSA) is 81.6 Å². The zero-order valence-electron chi connectivity index (χ0n) is 25.2. The number of hydrogen-bond acceptors (Lipinski definition) is 4. The Balaban J connectivity index is 1.85. The quantitative estimate of drug-likeness (QED) is 0.0722. The van der Waals surface area contributed by atoms with Gasteiger partial charge in [0.15, 0.2) is 0 Å². The third kappa shape index (κ3) is 21.6. The van der Waals surface area contributed by atoms with E-state index in [0.717, 1.165) is 44.1 Å². The molecule has 40 heavy (non-hydrogen) atoms. The molecule has 5 nitrogen and oxygen atoms in total. The predicted molar refractivity (Wildman–Crippen MR) is 170 cm³/mol. The van der Waals surface area contributed by atoms with Gasteiger partial charge in [-0.1, -0.05) is 127 Å². The van der Waals surface area contributed by atoms with E-state index >= 15 is 0 Å². The van der Waals surface area contributed by atoms with E-state index in [-0.39, 0.29) is 5.91 Å². The molecule has 1 aromatic carbocycles. The number of benzene rings is 1. The monoisotopic (exact) mass is 550 g/mol. The molecule has 1 aromatic rings. The van der Waals surface area contributed by atoms with Crippen LogP contribution in [0.3, 0.4) is 0 Å². The van der Waals surface area contributed by atoms with Gasteiger partial charge in [-0.2, -0.15) is 0 Å². The van der Waals surface area contributed by atoms with Crippen molar-refractivity contribution in [2.45, 2.75) is 135 Å². The average Bonchev–Trinajstić information content (AvgIpc) is 2.95. The van der Waals surface area contributed by atoms with Crippen LogP contribution in [0.1, 0.15) is 134 Å². The number of rotatable bonds is 24. The molecule has 0 aliphatic heterocycles. The van der Waals surface area contributed by atoms with E-state index < -0.39 is 7.12 Å².